The number of nitrogens with zero attached hydrogens (tertiary/aromatic N) is 1. The zero-order valence-corrected chi connectivity index (χ0v) is 14.6. The summed E-state index contributed by atoms with van der Waals surface area (Å²) in [6, 6.07) is 11.2. The molecule has 0 heterocycles. The van der Waals surface area contributed by atoms with Gasteiger partial charge in [0.05, 0.1) is 18.1 Å². The molecule has 0 radical (unpaired) electrons. The second-order valence-electron chi connectivity index (χ2n) is 4.85. The molecule has 8 heteroatoms. The predicted molar refractivity (Wildman–Crippen MR) is 92.5 cm³/mol. The minimum atomic E-state index is -0.920. The molecule has 0 spiro atoms. The van der Waals surface area contributed by atoms with Crippen LogP contribution in [0, 0.1) is 10.1 Å². The first-order valence-electron chi connectivity index (χ1n) is 6.96. The quantitative estimate of drug-likeness (QED) is 0.594. The maximum Gasteiger partial charge on any atom is 0.314 e. The van der Waals surface area contributed by atoms with Crippen molar-refractivity contribution in [3.63, 3.8) is 0 Å². The molecule has 0 aliphatic carbocycles. The van der Waals surface area contributed by atoms with Crippen LogP contribution >= 0.6 is 15.9 Å². The Bertz CT molecular complexity index is 766. The van der Waals surface area contributed by atoms with E-state index >= 15 is 0 Å². The lowest BCUT2D eigenvalue weighted by atomic mass is 10.2. The molecule has 1 amide bonds. The molecule has 0 bridgehead atoms. The highest BCUT2D eigenvalue weighted by molar-refractivity contribution is 9.10. The molecule has 0 saturated carbocycles. The summed E-state index contributed by atoms with van der Waals surface area (Å²) < 4.78 is 11.2. The number of benzene rings is 2. The van der Waals surface area contributed by atoms with Crippen LogP contribution in [0.4, 0.5) is 11.4 Å². The highest BCUT2D eigenvalue weighted by Crippen LogP contribution is 2.31. The highest BCUT2D eigenvalue weighted by atomic mass is 79.9. The van der Waals surface area contributed by atoms with Gasteiger partial charge in [-0.1, -0.05) is 22.0 Å². The molecule has 0 aromatic heterocycles. The van der Waals surface area contributed by atoms with Crippen LogP contribution in [0.5, 0.6) is 11.5 Å². The van der Waals surface area contributed by atoms with Gasteiger partial charge in [0.2, 0.25) is 0 Å². The minimum Gasteiger partial charge on any atom is -0.496 e. The number of rotatable bonds is 6. The first kappa shape index (κ1) is 17.7. The van der Waals surface area contributed by atoms with Gasteiger partial charge in [-0.3, -0.25) is 14.9 Å². The highest BCUT2D eigenvalue weighted by Gasteiger charge is 2.22. The lowest BCUT2D eigenvalue weighted by Crippen LogP contribution is -2.30. The van der Waals surface area contributed by atoms with Gasteiger partial charge in [-0.2, -0.15) is 0 Å². The maximum atomic E-state index is 12.2. The number of hydrogen-bond acceptors (Lipinski definition) is 5. The van der Waals surface area contributed by atoms with E-state index in [1.165, 1.54) is 32.2 Å². The van der Waals surface area contributed by atoms with E-state index in [9.17, 15) is 14.9 Å². The molecule has 24 heavy (non-hydrogen) atoms. The number of carbonyl (C=O) groups is 1. The molecule has 0 unspecified atom stereocenters. The smallest absolute Gasteiger partial charge is 0.314 e. The lowest BCUT2D eigenvalue weighted by molar-refractivity contribution is -0.386. The third-order valence-electron chi connectivity index (χ3n) is 3.13. The zero-order chi connectivity index (χ0) is 17.7. The van der Waals surface area contributed by atoms with Gasteiger partial charge < -0.3 is 14.8 Å². The van der Waals surface area contributed by atoms with Gasteiger partial charge in [-0.25, -0.2) is 0 Å². The van der Waals surface area contributed by atoms with Crippen molar-refractivity contribution < 1.29 is 19.2 Å². The Hall–Kier alpha value is -2.61. The summed E-state index contributed by atoms with van der Waals surface area (Å²) in [6.07, 6.45) is -0.920. The van der Waals surface area contributed by atoms with E-state index in [1.54, 1.807) is 18.2 Å². The topological polar surface area (TPSA) is 90.7 Å². The SMILES string of the molecule is COc1ccc(O[C@@H](C)C(=O)Nc2cccc(Br)c2)c([N+](=O)[O-])c1. The van der Waals surface area contributed by atoms with Crippen LogP contribution in [0.2, 0.25) is 0 Å². The van der Waals surface area contributed by atoms with Crippen molar-refractivity contribution in [1.29, 1.82) is 0 Å². The summed E-state index contributed by atoms with van der Waals surface area (Å²) in [5.41, 5.74) is 0.325. The van der Waals surface area contributed by atoms with Gasteiger partial charge in [-0.05, 0) is 37.3 Å². The van der Waals surface area contributed by atoms with E-state index < -0.39 is 16.9 Å². The van der Waals surface area contributed by atoms with Crippen LogP contribution in [0.3, 0.4) is 0 Å². The Morgan fingerprint density at radius 3 is 2.67 bits per heavy atom. The molecule has 0 aliphatic heterocycles. The van der Waals surface area contributed by atoms with Crippen LogP contribution < -0.4 is 14.8 Å². The van der Waals surface area contributed by atoms with Crippen molar-refractivity contribution in [3.8, 4) is 11.5 Å². The van der Waals surface area contributed by atoms with Gasteiger partial charge in [0.1, 0.15) is 5.75 Å². The number of ether oxygens (including phenoxy) is 2. The molecule has 2 aromatic carbocycles. The summed E-state index contributed by atoms with van der Waals surface area (Å²) >= 11 is 3.31. The second kappa shape index (κ2) is 7.78. The Kier molecular flexibility index (Phi) is 5.75. The predicted octanol–water partition coefficient (Wildman–Crippen LogP) is 3.77. The summed E-state index contributed by atoms with van der Waals surface area (Å²) in [5.74, 6) is -0.0869. The van der Waals surface area contributed by atoms with Crippen LogP contribution in [0.1, 0.15) is 6.92 Å². The fraction of sp³-hybridized carbons (Fsp3) is 0.188. The number of nitro groups is 1. The van der Waals surface area contributed by atoms with E-state index in [-0.39, 0.29) is 11.4 Å². The number of halogens is 1. The third kappa shape index (κ3) is 4.45. The first-order valence-corrected chi connectivity index (χ1v) is 7.75. The number of hydrogen-bond donors (Lipinski definition) is 1. The number of nitrogens with one attached hydrogen (secondary N) is 1. The van der Waals surface area contributed by atoms with E-state index in [4.69, 9.17) is 9.47 Å². The van der Waals surface area contributed by atoms with Crippen molar-refractivity contribution in [2.75, 3.05) is 12.4 Å². The molecule has 2 aromatic rings. The number of carbonyl (C=O) groups excluding carboxylic acids is 1. The monoisotopic (exact) mass is 394 g/mol. The van der Waals surface area contributed by atoms with Gasteiger partial charge in [0.15, 0.2) is 11.9 Å². The van der Waals surface area contributed by atoms with Crippen LogP contribution in [-0.4, -0.2) is 24.0 Å². The normalized spacial score (nSPS) is 11.5. The van der Waals surface area contributed by atoms with Gasteiger partial charge >= 0.3 is 5.69 Å². The first-order chi connectivity index (χ1) is 11.4. The second-order valence-corrected chi connectivity index (χ2v) is 5.77. The molecule has 1 atom stereocenters. The fourth-order valence-corrected chi connectivity index (χ4v) is 2.32. The number of amides is 1. The summed E-state index contributed by atoms with van der Waals surface area (Å²) in [5, 5.41) is 13.8. The fourth-order valence-electron chi connectivity index (χ4n) is 1.92. The number of methoxy groups -OCH3 is 1. The lowest BCUT2D eigenvalue weighted by Gasteiger charge is -2.15. The molecule has 1 N–H and O–H groups in total. The summed E-state index contributed by atoms with van der Waals surface area (Å²) in [6.45, 7) is 1.52. The number of nitro benzene ring substituents is 1. The molecule has 0 aliphatic rings. The van der Waals surface area contributed by atoms with Gasteiger partial charge in [0, 0.05) is 10.2 Å². The minimum absolute atomic E-state index is 0.00214. The molecule has 0 saturated heterocycles. The van der Waals surface area contributed by atoms with Crippen molar-refractivity contribution in [2.24, 2.45) is 0 Å². The molecule has 126 valence electrons. The standard InChI is InChI=1S/C16H15BrN2O5/c1-10(16(20)18-12-5-3-4-11(17)8-12)24-15-7-6-13(23-2)9-14(15)19(21)22/h3-10H,1-2H3,(H,18,20)/t10-/m0/s1. The average Bonchev–Trinajstić information content (AvgIpc) is 2.54. The third-order valence-corrected chi connectivity index (χ3v) is 3.62. The summed E-state index contributed by atoms with van der Waals surface area (Å²) in [4.78, 5) is 22.7. The van der Waals surface area contributed by atoms with Gasteiger partial charge in [0.25, 0.3) is 5.91 Å². The average molecular weight is 395 g/mol. The Balaban J connectivity index is 2.12. The molecule has 7 nitrogen and oxygen atoms in total. The largest absolute Gasteiger partial charge is 0.496 e. The maximum absolute atomic E-state index is 12.2. The summed E-state index contributed by atoms with van der Waals surface area (Å²) in [7, 11) is 1.41. The Morgan fingerprint density at radius 1 is 1.29 bits per heavy atom. The number of anilines is 1. The Morgan fingerprint density at radius 2 is 2.04 bits per heavy atom. The molecule has 0 fully saturated rings. The molecular weight excluding hydrogens is 380 g/mol. The van der Waals surface area contributed by atoms with Crippen molar-refractivity contribution in [3.05, 3.63) is 57.1 Å². The van der Waals surface area contributed by atoms with E-state index in [1.807, 2.05) is 6.07 Å². The van der Waals surface area contributed by atoms with Crippen LogP contribution in [0.15, 0.2) is 46.9 Å². The van der Waals surface area contributed by atoms with Crippen molar-refractivity contribution in [2.45, 2.75) is 13.0 Å². The van der Waals surface area contributed by atoms with Crippen LogP contribution in [-0.2, 0) is 4.79 Å². The van der Waals surface area contributed by atoms with Crippen molar-refractivity contribution in [1.82, 2.24) is 0 Å². The van der Waals surface area contributed by atoms with E-state index in [2.05, 4.69) is 21.2 Å². The van der Waals surface area contributed by atoms with Gasteiger partial charge in [-0.15, -0.1) is 0 Å². The zero-order valence-electron chi connectivity index (χ0n) is 13.0. The molecular formula is C16H15BrN2O5. The van der Waals surface area contributed by atoms with E-state index in [0.717, 1.165) is 4.47 Å². The van der Waals surface area contributed by atoms with E-state index in [0.29, 0.717) is 11.4 Å². The molecule has 2 rings (SSSR count). The Labute approximate surface area is 146 Å². The van der Waals surface area contributed by atoms with Crippen molar-refractivity contribution >= 4 is 33.2 Å². The van der Waals surface area contributed by atoms with Crippen LogP contribution in [0.25, 0.3) is 0 Å².